The molecule has 0 saturated heterocycles. The van der Waals surface area contributed by atoms with E-state index in [1.807, 2.05) is 13.0 Å². The second-order valence-corrected chi connectivity index (χ2v) is 4.44. The monoisotopic (exact) mass is 233 g/mol. The Balaban J connectivity index is 3.20. The molecule has 0 spiro atoms. The largest absolute Gasteiger partial charge is 0.253 e. The third kappa shape index (κ3) is 2.10. The number of halogens is 1. The highest BCUT2D eigenvalue weighted by atomic mass is 79.9. The minimum Gasteiger partial charge on any atom is -0.253 e. The average molecular weight is 234 g/mol. The molecule has 1 heterocycles. The summed E-state index contributed by atoms with van der Waals surface area (Å²) in [5, 5.41) is 0.660. The van der Waals surface area contributed by atoms with Crippen molar-refractivity contribution in [3.63, 3.8) is 0 Å². The van der Waals surface area contributed by atoms with Crippen LogP contribution in [0.4, 0.5) is 0 Å². The van der Waals surface area contributed by atoms with Crippen molar-refractivity contribution in [2.24, 2.45) is 0 Å². The van der Waals surface area contributed by atoms with Crippen molar-refractivity contribution >= 4 is 26.7 Å². The Morgan fingerprint density at radius 3 is 2.73 bits per heavy atom. The zero-order valence-electron chi connectivity index (χ0n) is 6.30. The van der Waals surface area contributed by atoms with Gasteiger partial charge in [0, 0.05) is 16.9 Å². The third-order valence-electron chi connectivity index (χ3n) is 1.27. The van der Waals surface area contributed by atoms with Gasteiger partial charge in [-0.1, -0.05) is 0 Å². The van der Waals surface area contributed by atoms with E-state index in [2.05, 4.69) is 20.9 Å². The van der Waals surface area contributed by atoms with E-state index in [1.54, 1.807) is 12.5 Å². The van der Waals surface area contributed by atoms with Crippen LogP contribution in [-0.2, 0) is 10.8 Å². The lowest BCUT2D eigenvalue weighted by Gasteiger charge is -1.99. The van der Waals surface area contributed by atoms with Crippen LogP contribution in [0.2, 0.25) is 0 Å². The topological polar surface area (TPSA) is 30.0 Å². The molecule has 0 aliphatic heterocycles. The molecule has 1 rings (SSSR count). The van der Waals surface area contributed by atoms with Gasteiger partial charge in [0.25, 0.3) is 0 Å². The van der Waals surface area contributed by atoms with Gasteiger partial charge < -0.3 is 0 Å². The summed E-state index contributed by atoms with van der Waals surface area (Å²) < 4.78 is 11.9. The van der Waals surface area contributed by atoms with Crippen LogP contribution in [0, 0.1) is 6.92 Å². The van der Waals surface area contributed by atoms with E-state index in [0.29, 0.717) is 5.03 Å². The van der Waals surface area contributed by atoms with Crippen molar-refractivity contribution in [1.82, 2.24) is 4.98 Å². The fourth-order valence-electron chi connectivity index (χ4n) is 0.829. The quantitative estimate of drug-likeness (QED) is 0.742. The number of nitrogens with zero attached hydrogens (tertiary/aromatic N) is 1. The number of hydrogen-bond acceptors (Lipinski definition) is 2. The Labute approximate surface area is 76.6 Å². The number of rotatable bonds is 1. The summed E-state index contributed by atoms with van der Waals surface area (Å²) in [4.78, 5) is 4.03. The van der Waals surface area contributed by atoms with Crippen LogP contribution in [0.3, 0.4) is 0 Å². The van der Waals surface area contributed by atoms with E-state index in [9.17, 15) is 4.21 Å². The minimum atomic E-state index is -0.981. The van der Waals surface area contributed by atoms with Crippen molar-refractivity contribution < 1.29 is 4.21 Å². The molecule has 2 nitrogen and oxygen atoms in total. The molecule has 1 unspecified atom stereocenters. The number of aromatic nitrogens is 1. The highest BCUT2D eigenvalue weighted by Gasteiger charge is 2.02. The Hall–Kier alpha value is -0.220. The molecule has 1 aromatic heterocycles. The first-order chi connectivity index (χ1) is 5.11. The van der Waals surface area contributed by atoms with Crippen LogP contribution >= 0.6 is 15.9 Å². The van der Waals surface area contributed by atoms with Crippen molar-refractivity contribution in [2.75, 3.05) is 6.26 Å². The van der Waals surface area contributed by atoms with Crippen LogP contribution in [0.25, 0.3) is 0 Å². The second-order valence-electron chi connectivity index (χ2n) is 2.23. The van der Waals surface area contributed by atoms with Gasteiger partial charge in [0.05, 0.1) is 10.8 Å². The molecule has 0 amide bonds. The van der Waals surface area contributed by atoms with E-state index in [4.69, 9.17) is 0 Å². The molecule has 11 heavy (non-hydrogen) atoms. The molecule has 1 atom stereocenters. The fraction of sp³-hybridized carbons (Fsp3) is 0.286. The Kier molecular flexibility index (Phi) is 2.78. The van der Waals surface area contributed by atoms with Gasteiger partial charge in [0.2, 0.25) is 0 Å². The van der Waals surface area contributed by atoms with Crippen LogP contribution in [0.1, 0.15) is 5.56 Å². The summed E-state index contributed by atoms with van der Waals surface area (Å²) in [5.41, 5.74) is 0.959. The molecule has 60 valence electrons. The van der Waals surface area contributed by atoms with E-state index in [-0.39, 0.29) is 0 Å². The van der Waals surface area contributed by atoms with E-state index in [0.717, 1.165) is 10.0 Å². The highest BCUT2D eigenvalue weighted by molar-refractivity contribution is 9.10. The van der Waals surface area contributed by atoms with Gasteiger partial charge in [-0.3, -0.25) is 4.21 Å². The molecular weight excluding hydrogens is 226 g/mol. The van der Waals surface area contributed by atoms with Crippen LogP contribution in [0.15, 0.2) is 21.8 Å². The SMILES string of the molecule is Cc1cc(Br)cnc1S(C)=O. The first-order valence-corrected chi connectivity index (χ1v) is 5.42. The van der Waals surface area contributed by atoms with Crippen LogP contribution in [-0.4, -0.2) is 15.4 Å². The van der Waals surface area contributed by atoms with Crippen molar-refractivity contribution in [1.29, 1.82) is 0 Å². The van der Waals surface area contributed by atoms with Gasteiger partial charge in [-0.05, 0) is 34.5 Å². The van der Waals surface area contributed by atoms with Crippen molar-refractivity contribution in [3.05, 3.63) is 22.3 Å². The molecule has 0 aliphatic carbocycles. The zero-order valence-corrected chi connectivity index (χ0v) is 8.70. The lowest BCUT2D eigenvalue weighted by molar-refractivity contribution is 0.683. The molecule has 4 heteroatoms. The average Bonchev–Trinajstić information content (AvgIpc) is 1.85. The first-order valence-electron chi connectivity index (χ1n) is 3.07. The summed E-state index contributed by atoms with van der Waals surface area (Å²) in [7, 11) is -0.981. The van der Waals surface area contributed by atoms with Crippen molar-refractivity contribution in [2.45, 2.75) is 11.9 Å². The molecular formula is C7H8BrNOS. The number of pyridine rings is 1. The maximum atomic E-state index is 11.0. The Morgan fingerprint density at radius 2 is 2.27 bits per heavy atom. The second kappa shape index (κ2) is 3.45. The van der Waals surface area contributed by atoms with E-state index >= 15 is 0 Å². The fourth-order valence-corrected chi connectivity index (χ4v) is 1.99. The normalized spacial score (nSPS) is 13.0. The zero-order chi connectivity index (χ0) is 8.43. The summed E-state index contributed by atoms with van der Waals surface area (Å²) in [6, 6.07) is 1.91. The smallest absolute Gasteiger partial charge is 0.129 e. The molecule has 0 aromatic carbocycles. The first kappa shape index (κ1) is 8.87. The lowest BCUT2D eigenvalue weighted by atomic mass is 10.3. The van der Waals surface area contributed by atoms with Crippen molar-refractivity contribution in [3.8, 4) is 0 Å². The molecule has 1 aromatic rings. The number of hydrogen-bond donors (Lipinski definition) is 0. The molecule has 0 bridgehead atoms. The van der Waals surface area contributed by atoms with E-state index in [1.165, 1.54) is 0 Å². The third-order valence-corrected chi connectivity index (χ3v) is 2.67. The van der Waals surface area contributed by atoms with Gasteiger partial charge in [-0.2, -0.15) is 0 Å². The lowest BCUT2D eigenvalue weighted by Crippen LogP contribution is -1.95. The molecule has 0 radical (unpaired) electrons. The molecule has 0 saturated carbocycles. The highest BCUT2D eigenvalue weighted by Crippen LogP contribution is 2.14. The molecule has 0 aliphatic rings. The summed E-state index contributed by atoms with van der Waals surface area (Å²) in [6.45, 7) is 1.90. The van der Waals surface area contributed by atoms with Gasteiger partial charge in [-0.25, -0.2) is 4.98 Å². The molecule has 0 N–H and O–H groups in total. The van der Waals surface area contributed by atoms with Gasteiger partial charge in [0.15, 0.2) is 0 Å². The number of aryl methyl sites for hydroxylation is 1. The van der Waals surface area contributed by atoms with Gasteiger partial charge >= 0.3 is 0 Å². The summed E-state index contributed by atoms with van der Waals surface area (Å²) in [5.74, 6) is 0. The van der Waals surface area contributed by atoms with Crippen LogP contribution < -0.4 is 0 Å². The van der Waals surface area contributed by atoms with Crippen LogP contribution in [0.5, 0.6) is 0 Å². The van der Waals surface area contributed by atoms with Gasteiger partial charge in [-0.15, -0.1) is 0 Å². The Morgan fingerprint density at radius 1 is 1.64 bits per heavy atom. The maximum Gasteiger partial charge on any atom is 0.129 e. The van der Waals surface area contributed by atoms with Gasteiger partial charge in [0.1, 0.15) is 5.03 Å². The summed E-state index contributed by atoms with van der Waals surface area (Å²) in [6.07, 6.45) is 3.28. The predicted octanol–water partition coefficient (Wildman–Crippen LogP) is 1.89. The molecule has 0 fully saturated rings. The Bertz CT molecular complexity index is 300. The predicted molar refractivity (Wildman–Crippen MR) is 49.0 cm³/mol. The minimum absolute atomic E-state index is 0.660. The summed E-state index contributed by atoms with van der Waals surface area (Å²) >= 11 is 3.28. The standard InChI is InChI=1S/C7H8BrNOS/c1-5-3-6(8)4-9-7(5)11(2)10/h3-4H,1-2H3. The van der Waals surface area contributed by atoms with E-state index < -0.39 is 10.8 Å². The maximum absolute atomic E-state index is 11.0.